The molecular formula is C22H32O6. The molecule has 4 aliphatic carbocycles. The number of esters is 1. The van der Waals surface area contributed by atoms with E-state index < -0.39 is 53.1 Å². The number of hydrogen-bond acceptors (Lipinski definition) is 6. The van der Waals surface area contributed by atoms with E-state index in [0.717, 1.165) is 6.42 Å². The SMILES string of the molecule is C=C1C(=O)[C@]23C(O)[C@H]1[C@@H](OC(C)=O)C[C@H]2[C@@]1(C)[C@H](C[C@H]3O)C(C)(C)CC[C@@H]1O. The molecule has 0 aromatic heterocycles. The molecule has 0 radical (unpaired) electrons. The second-order valence-corrected chi connectivity index (χ2v) is 10.4. The first-order valence-corrected chi connectivity index (χ1v) is 10.3. The van der Waals surface area contributed by atoms with Gasteiger partial charge in [-0.3, -0.25) is 9.59 Å². The van der Waals surface area contributed by atoms with E-state index in [-0.39, 0.29) is 22.7 Å². The smallest absolute Gasteiger partial charge is 0.302 e. The van der Waals surface area contributed by atoms with Crippen LogP contribution in [0, 0.1) is 34.0 Å². The van der Waals surface area contributed by atoms with Gasteiger partial charge in [-0.1, -0.05) is 27.4 Å². The Hall–Kier alpha value is -1.24. The van der Waals surface area contributed by atoms with Crippen LogP contribution in [-0.2, 0) is 14.3 Å². The Morgan fingerprint density at radius 2 is 1.75 bits per heavy atom. The molecule has 4 fully saturated rings. The average Bonchev–Trinajstić information content (AvgIpc) is 2.72. The molecule has 9 atom stereocenters. The van der Waals surface area contributed by atoms with Gasteiger partial charge in [0, 0.05) is 12.3 Å². The number of ether oxygens (including phenoxy) is 1. The summed E-state index contributed by atoms with van der Waals surface area (Å²) in [6.07, 6.45) is -1.37. The highest BCUT2D eigenvalue weighted by molar-refractivity contribution is 6.04. The topological polar surface area (TPSA) is 104 Å². The molecule has 4 saturated carbocycles. The van der Waals surface area contributed by atoms with Gasteiger partial charge < -0.3 is 20.1 Å². The van der Waals surface area contributed by atoms with Crippen molar-refractivity contribution in [1.29, 1.82) is 0 Å². The molecule has 6 nitrogen and oxygen atoms in total. The highest BCUT2D eigenvalue weighted by atomic mass is 16.5. The van der Waals surface area contributed by atoms with Gasteiger partial charge >= 0.3 is 5.97 Å². The number of aliphatic hydroxyl groups excluding tert-OH is 3. The zero-order valence-electron chi connectivity index (χ0n) is 17.1. The van der Waals surface area contributed by atoms with E-state index in [1.54, 1.807) is 0 Å². The molecule has 0 aromatic carbocycles. The fourth-order valence-electron chi connectivity index (χ4n) is 7.64. The Bertz CT molecular complexity index is 743. The third-order valence-electron chi connectivity index (χ3n) is 8.91. The van der Waals surface area contributed by atoms with Gasteiger partial charge in [0.25, 0.3) is 0 Å². The molecule has 3 N–H and O–H groups in total. The van der Waals surface area contributed by atoms with Crippen LogP contribution in [0.3, 0.4) is 0 Å². The first kappa shape index (κ1) is 20.0. The van der Waals surface area contributed by atoms with E-state index in [0.29, 0.717) is 19.3 Å². The number of carbonyl (C=O) groups excluding carboxylic acids is 2. The fourth-order valence-corrected chi connectivity index (χ4v) is 7.64. The van der Waals surface area contributed by atoms with Gasteiger partial charge in [-0.25, -0.2) is 0 Å². The minimum Gasteiger partial charge on any atom is -0.462 e. The molecule has 1 spiro atoms. The quantitative estimate of drug-likeness (QED) is 0.463. The van der Waals surface area contributed by atoms with Crippen molar-refractivity contribution in [2.45, 2.75) is 77.8 Å². The van der Waals surface area contributed by atoms with Gasteiger partial charge in [-0.15, -0.1) is 0 Å². The predicted octanol–water partition coefficient (Wildman–Crippen LogP) is 1.61. The largest absolute Gasteiger partial charge is 0.462 e. The maximum atomic E-state index is 13.4. The molecular weight excluding hydrogens is 360 g/mol. The Kier molecular flexibility index (Phi) is 4.22. The zero-order valence-corrected chi connectivity index (χ0v) is 17.1. The number of Topliss-reactive ketones (excluding diaryl/α,β-unsaturated/α-hetero) is 1. The minimum absolute atomic E-state index is 0.0160. The summed E-state index contributed by atoms with van der Waals surface area (Å²) in [5.74, 6) is -2.01. The molecule has 2 bridgehead atoms. The monoisotopic (exact) mass is 392 g/mol. The number of hydrogen-bond donors (Lipinski definition) is 3. The molecule has 0 aromatic rings. The van der Waals surface area contributed by atoms with Crippen molar-refractivity contribution in [2.24, 2.45) is 34.0 Å². The molecule has 0 heterocycles. The van der Waals surface area contributed by atoms with Crippen molar-refractivity contribution in [1.82, 2.24) is 0 Å². The first-order chi connectivity index (χ1) is 12.9. The van der Waals surface area contributed by atoms with E-state index in [1.165, 1.54) is 6.92 Å². The van der Waals surface area contributed by atoms with Gasteiger partial charge in [-0.2, -0.15) is 0 Å². The molecule has 4 aliphatic rings. The van der Waals surface area contributed by atoms with Crippen LogP contribution in [0.15, 0.2) is 12.2 Å². The molecule has 4 rings (SSSR count). The predicted molar refractivity (Wildman–Crippen MR) is 101 cm³/mol. The molecule has 156 valence electrons. The number of fused-ring (bicyclic) bond motifs is 3. The van der Waals surface area contributed by atoms with Gasteiger partial charge in [0.2, 0.25) is 0 Å². The molecule has 1 unspecified atom stereocenters. The van der Waals surface area contributed by atoms with E-state index in [9.17, 15) is 24.9 Å². The van der Waals surface area contributed by atoms with Crippen molar-refractivity contribution in [3.8, 4) is 0 Å². The Morgan fingerprint density at radius 3 is 2.36 bits per heavy atom. The van der Waals surface area contributed by atoms with Crippen LogP contribution in [0.1, 0.15) is 53.4 Å². The van der Waals surface area contributed by atoms with E-state index in [2.05, 4.69) is 20.4 Å². The van der Waals surface area contributed by atoms with Crippen molar-refractivity contribution >= 4 is 11.8 Å². The standard InChI is InChI=1S/C22H32O6/c1-10-17-12(28-11(2)23)8-14-21(5)13(20(3,4)7-6-15(21)24)9-16(25)22(14,18(10)26)19(17)27/h12-17,19,24-25,27H,1,6-9H2,2-5H3/t12-,13+,14-,15-,16+,17+,19?,21+,22-/m0/s1. The summed E-state index contributed by atoms with van der Waals surface area (Å²) < 4.78 is 5.53. The summed E-state index contributed by atoms with van der Waals surface area (Å²) in [5.41, 5.74) is -1.94. The Morgan fingerprint density at radius 1 is 1.11 bits per heavy atom. The van der Waals surface area contributed by atoms with Crippen LogP contribution in [0.2, 0.25) is 0 Å². The molecule has 0 aliphatic heterocycles. The second kappa shape index (κ2) is 5.89. The van der Waals surface area contributed by atoms with Crippen molar-refractivity contribution in [3.05, 3.63) is 12.2 Å². The zero-order chi connectivity index (χ0) is 20.8. The van der Waals surface area contributed by atoms with Crippen LogP contribution in [0.4, 0.5) is 0 Å². The number of rotatable bonds is 1. The Balaban J connectivity index is 1.91. The van der Waals surface area contributed by atoms with Gasteiger partial charge in [0.15, 0.2) is 5.78 Å². The Labute approximate surface area is 166 Å². The fraction of sp³-hybridized carbons (Fsp3) is 0.818. The van der Waals surface area contributed by atoms with Crippen molar-refractivity contribution in [3.63, 3.8) is 0 Å². The summed E-state index contributed by atoms with van der Waals surface area (Å²) >= 11 is 0. The molecule has 6 heteroatoms. The first-order valence-electron chi connectivity index (χ1n) is 10.3. The summed E-state index contributed by atoms with van der Waals surface area (Å²) in [6, 6.07) is 0. The lowest BCUT2D eigenvalue weighted by molar-refractivity contribution is -0.263. The summed E-state index contributed by atoms with van der Waals surface area (Å²) in [6.45, 7) is 11.5. The van der Waals surface area contributed by atoms with Gasteiger partial charge in [-0.05, 0) is 48.5 Å². The molecule has 0 amide bonds. The highest BCUT2D eigenvalue weighted by Crippen LogP contribution is 2.71. The number of ketones is 1. The number of aliphatic hydroxyl groups is 3. The molecule has 0 saturated heterocycles. The lowest BCUT2D eigenvalue weighted by Gasteiger charge is -2.66. The van der Waals surface area contributed by atoms with E-state index in [1.807, 2.05) is 6.92 Å². The van der Waals surface area contributed by atoms with Crippen molar-refractivity contribution < 1.29 is 29.6 Å². The lowest BCUT2D eigenvalue weighted by Crippen LogP contribution is -2.71. The highest BCUT2D eigenvalue weighted by Gasteiger charge is 2.77. The van der Waals surface area contributed by atoms with Crippen molar-refractivity contribution in [2.75, 3.05) is 0 Å². The number of carbonyl (C=O) groups is 2. The average molecular weight is 392 g/mol. The van der Waals surface area contributed by atoms with E-state index >= 15 is 0 Å². The van der Waals surface area contributed by atoms with Crippen LogP contribution in [0.25, 0.3) is 0 Å². The van der Waals surface area contributed by atoms with Crippen LogP contribution >= 0.6 is 0 Å². The normalized spacial score (nSPS) is 52.0. The van der Waals surface area contributed by atoms with Gasteiger partial charge in [0.1, 0.15) is 6.10 Å². The second-order valence-electron chi connectivity index (χ2n) is 10.4. The lowest BCUT2D eigenvalue weighted by atomic mass is 9.39. The maximum absolute atomic E-state index is 13.4. The minimum atomic E-state index is -1.38. The maximum Gasteiger partial charge on any atom is 0.302 e. The van der Waals surface area contributed by atoms with E-state index in [4.69, 9.17) is 4.74 Å². The van der Waals surface area contributed by atoms with Crippen LogP contribution in [0.5, 0.6) is 0 Å². The third kappa shape index (κ3) is 2.14. The summed E-state index contributed by atoms with van der Waals surface area (Å²) in [7, 11) is 0. The summed E-state index contributed by atoms with van der Waals surface area (Å²) in [5, 5.41) is 33.7. The van der Waals surface area contributed by atoms with Gasteiger partial charge in [0.05, 0.1) is 29.6 Å². The van der Waals surface area contributed by atoms with Crippen LogP contribution in [-0.4, -0.2) is 51.5 Å². The summed E-state index contributed by atoms with van der Waals surface area (Å²) in [4.78, 5) is 25.2. The third-order valence-corrected chi connectivity index (χ3v) is 8.91. The molecule has 28 heavy (non-hydrogen) atoms. The van der Waals surface area contributed by atoms with Crippen LogP contribution < -0.4 is 0 Å².